The molecule has 1 saturated heterocycles. The topological polar surface area (TPSA) is 76.2 Å². The van der Waals surface area contributed by atoms with Crippen LogP contribution in [0.4, 0.5) is 5.69 Å². The van der Waals surface area contributed by atoms with E-state index in [-0.39, 0.29) is 12.0 Å². The van der Waals surface area contributed by atoms with Crippen molar-refractivity contribution in [3.05, 3.63) is 54.2 Å². The van der Waals surface area contributed by atoms with E-state index in [1.165, 1.54) is 0 Å². The quantitative estimate of drug-likeness (QED) is 0.748. The molecule has 1 atom stereocenters. The molecule has 4 rings (SSSR count). The van der Waals surface area contributed by atoms with E-state index in [0.29, 0.717) is 17.9 Å². The number of fused-ring (bicyclic) bond motifs is 1. The molecular weight excluding hydrogens is 318 g/mol. The Labute approximate surface area is 145 Å². The highest BCUT2D eigenvalue weighted by Crippen LogP contribution is 2.22. The van der Waals surface area contributed by atoms with Crippen molar-refractivity contribution >= 4 is 22.5 Å². The molecule has 0 saturated carbocycles. The van der Waals surface area contributed by atoms with Crippen molar-refractivity contribution in [2.24, 2.45) is 0 Å². The third-order valence-corrected chi connectivity index (χ3v) is 4.30. The van der Waals surface area contributed by atoms with Crippen LogP contribution in [-0.2, 0) is 4.74 Å². The molecule has 2 aromatic carbocycles. The lowest BCUT2D eigenvalue weighted by Crippen LogP contribution is -2.16. The fraction of sp³-hybridized carbons (Fsp3) is 0.263. The third-order valence-electron chi connectivity index (χ3n) is 4.30. The van der Waals surface area contributed by atoms with Gasteiger partial charge < -0.3 is 14.8 Å². The van der Waals surface area contributed by atoms with Crippen LogP contribution < -0.4 is 10.1 Å². The van der Waals surface area contributed by atoms with Gasteiger partial charge in [-0.3, -0.25) is 9.89 Å². The van der Waals surface area contributed by atoms with Crippen molar-refractivity contribution in [2.75, 3.05) is 18.5 Å². The maximum atomic E-state index is 12.5. The summed E-state index contributed by atoms with van der Waals surface area (Å²) >= 11 is 0. The molecule has 6 heteroatoms. The largest absolute Gasteiger partial charge is 0.491 e. The average Bonchev–Trinajstić information content (AvgIpc) is 3.32. The van der Waals surface area contributed by atoms with Gasteiger partial charge in [0.05, 0.1) is 23.5 Å². The van der Waals surface area contributed by atoms with Crippen LogP contribution in [0.1, 0.15) is 23.2 Å². The number of carbonyl (C=O) groups excluding carboxylic acids is 1. The minimum Gasteiger partial charge on any atom is -0.491 e. The molecule has 1 aliphatic rings. The molecular formula is C19H19N3O3. The number of anilines is 1. The van der Waals surface area contributed by atoms with Gasteiger partial charge in [0.1, 0.15) is 12.4 Å². The van der Waals surface area contributed by atoms with Gasteiger partial charge in [-0.15, -0.1) is 0 Å². The standard InChI is InChI=1S/C19H19N3O3/c23-19(21-17-5-1-3-14-11-20-22-18(14)17)13-6-8-15(9-7-13)25-12-16-4-2-10-24-16/h1,3,5-9,11,16H,2,4,10,12H2,(H,20,22)(H,21,23). The van der Waals surface area contributed by atoms with Gasteiger partial charge in [0.2, 0.25) is 0 Å². The average molecular weight is 337 g/mol. The molecule has 2 N–H and O–H groups in total. The van der Waals surface area contributed by atoms with Crippen LogP contribution >= 0.6 is 0 Å². The summed E-state index contributed by atoms with van der Waals surface area (Å²) < 4.78 is 11.3. The van der Waals surface area contributed by atoms with Crippen LogP contribution in [0, 0.1) is 0 Å². The minimum atomic E-state index is -0.173. The van der Waals surface area contributed by atoms with Crippen LogP contribution in [0.5, 0.6) is 5.75 Å². The number of nitrogens with one attached hydrogen (secondary N) is 2. The lowest BCUT2D eigenvalue weighted by molar-refractivity contribution is 0.0679. The van der Waals surface area contributed by atoms with E-state index in [0.717, 1.165) is 36.1 Å². The summed E-state index contributed by atoms with van der Waals surface area (Å²) in [5, 5.41) is 10.8. The maximum absolute atomic E-state index is 12.5. The predicted octanol–water partition coefficient (Wildman–Crippen LogP) is 3.37. The van der Waals surface area contributed by atoms with Gasteiger partial charge in [-0.1, -0.05) is 12.1 Å². The number of H-pyrrole nitrogens is 1. The summed E-state index contributed by atoms with van der Waals surface area (Å²) in [5.41, 5.74) is 2.09. The number of hydrogen-bond acceptors (Lipinski definition) is 4. The molecule has 0 aliphatic carbocycles. The van der Waals surface area contributed by atoms with E-state index >= 15 is 0 Å². The molecule has 0 bridgehead atoms. The van der Waals surface area contributed by atoms with E-state index in [1.807, 2.05) is 18.2 Å². The number of rotatable bonds is 5. The number of para-hydroxylation sites is 1. The van der Waals surface area contributed by atoms with Crippen molar-refractivity contribution in [1.29, 1.82) is 0 Å². The number of aromatic amines is 1. The summed E-state index contributed by atoms with van der Waals surface area (Å²) in [7, 11) is 0. The Bertz CT molecular complexity index is 867. The van der Waals surface area contributed by atoms with Gasteiger partial charge >= 0.3 is 0 Å². The normalized spacial score (nSPS) is 16.9. The van der Waals surface area contributed by atoms with Crippen LogP contribution in [0.2, 0.25) is 0 Å². The maximum Gasteiger partial charge on any atom is 0.255 e. The lowest BCUT2D eigenvalue weighted by Gasteiger charge is -2.12. The second-order valence-corrected chi connectivity index (χ2v) is 6.06. The Hall–Kier alpha value is -2.86. The molecule has 3 aromatic rings. The Morgan fingerprint density at radius 1 is 1.28 bits per heavy atom. The van der Waals surface area contributed by atoms with E-state index in [4.69, 9.17) is 9.47 Å². The van der Waals surface area contributed by atoms with Gasteiger partial charge in [0.15, 0.2) is 0 Å². The van der Waals surface area contributed by atoms with E-state index in [1.54, 1.807) is 30.5 Å². The van der Waals surface area contributed by atoms with Gasteiger partial charge in [-0.2, -0.15) is 5.10 Å². The second kappa shape index (κ2) is 6.94. The first-order valence-electron chi connectivity index (χ1n) is 8.37. The van der Waals surface area contributed by atoms with Crippen LogP contribution in [-0.4, -0.2) is 35.4 Å². The fourth-order valence-corrected chi connectivity index (χ4v) is 2.94. The lowest BCUT2D eigenvalue weighted by atomic mass is 10.2. The Morgan fingerprint density at radius 2 is 2.16 bits per heavy atom. The zero-order valence-electron chi connectivity index (χ0n) is 13.7. The van der Waals surface area contributed by atoms with E-state index in [9.17, 15) is 4.79 Å². The molecule has 1 amide bonds. The van der Waals surface area contributed by atoms with E-state index < -0.39 is 0 Å². The van der Waals surface area contributed by atoms with Gasteiger partial charge in [0.25, 0.3) is 5.91 Å². The van der Waals surface area contributed by atoms with Gasteiger partial charge in [0, 0.05) is 17.6 Å². The van der Waals surface area contributed by atoms with Crippen LogP contribution in [0.15, 0.2) is 48.7 Å². The Morgan fingerprint density at radius 3 is 2.96 bits per heavy atom. The van der Waals surface area contributed by atoms with Crippen molar-refractivity contribution in [3.63, 3.8) is 0 Å². The summed E-state index contributed by atoms with van der Waals surface area (Å²) in [6.07, 6.45) is 4.04. The Balaban J connectivity index is 1.41. The number of benzene rings is 2. The number of hydrogen-bond donors (Lipinski definition) is 2. The highest BCUT2D eigenvalue weighted by atomic mass is 16.5. The zero-order valence-corrected chi connectivity index (χ0v) is 13.7. The molecule has 0 spiro atoms. The number of amides is 1. The van der Waals surface area contributed by atoms with Gasteiger partial charge in [-0.25, -0.2) is 0 Å². The van der Waals surface area contributed by atoms with Crippen molar-refractivity contribution < 1.29 is 14.3 Å². The highest BCUT2D eigenvalue weighted by molar-refractivity contribution is 6.08. The molecule has 1 aliphatic heterocycles. The molecule has 128 valence electrons. The van der Waals surface area contributed by atoms with Crippen LogP contribution in [0.25, 0.3) is 10.9 Å². The molecule has 1 aromatic heterocycles. The molecule has 25 heavy (non-hydrogen) atoms. The smallest absolute Gasteiger partial charge is 0.255 e. The molecule has 1 unspecified atom stereocenters. The third kappa shape index (κ3) is 3.49. The Kier molecular flexibility index (Phi) is 4.35. The number of carbonyl (C=O) groups is 1. The first-order valence-corrected chi connectivity index (χ1v) is 8.37. The first-order chi connectivity index (χ1) is 12.3. The first kappa shape index (κ1) is 15.7. The summed E-state index contributed by atoms with van der Waals surface area (Å²) in [5.74, 6) is 0.565. The summed E-state index contributed by atoms with van der Waals surface area (Å²) in [6.45, 7) is 1.36. The summed E-state index contributed by atoms with van der Waals surface area (Å²) in [4.78, 5) is 12.5. The minimum absolute atomic E-state index is 0.173. The fourth-order valence-electron chi connectivity index (χ4n) is 2.94. The molecule has 6 nitrogen and oxygen atoms in total. The monoisotopic (exact) mass is 337 g/mol. The van der Waals surface area contributed by atoms with Crippen molar-refractivity contribution in [2.45, 2.75) is 18.9 Å². The van der Waals surface area contributed by atoms with Crippen molar-refractivity contribution in [3.8, 4) is 5.75 Å². The van der Waals surface area contributed by atoms with Crippen LogP contribution in [0.3, 0.4) is 0 Å². The number of aromatic nitrogens is 2. The summed E-state index contributed by atoms with van der Waals surface area (Å²) in [6, 6.07) is 12.8. The number of ether oxygens (including phenoxy) is 2. The molecule has 1 fully saturated rings. The molecule has 2 heterocycles. The zero-order chi connectivity index (χ0) is 17.1. The SMILES string of the molecule is O=C(Nc1cccc2cn[nH]c12)c1ccc(OCC2CCCO2)cc1. The molecule has 0 radical (unpaired) electrons. The highest BCUT2D eigenvalue weighted by Gasteiger charge is 2.16. The van der Waals surface area contributed by atoms with E-state index in [2.05, 4.69) is 15.5 Å². The van der Waals surface area contributed by atoms with Crippen molar-refractivity contribution in [1.82, 2.24) is 10.2 Å². The number of nitrogens with zero attached hydrogens (tertiary/aromatic N) is 1. The second-order valence-electron chi connectivity index (χ2n) is 6.06. The predicted molar refractivity (Wildman–Crippen MR) is 95.0 cm³/mol. The van der Waals surface area contributed by atoms with Gasteiger partial charge in [-0.05, 0) is 43.2 Å².